The van der Waals surface area contributed by atoms with Crippen LogP contribution in [0.2, 0.25) is 5.02 Å². The SMILES string of the molecule is CCCCOc1cc(F)c(CCc2ccc3c(F)c(CCc4ccc(Cl)cc4)ccc3c2)c(F)c1. The van der Waals surface area contributed by atoms with Crippen LogP contribution in [-0.2, 0) is 25.7 Å². The van der Waals surface area contributed by atoms with E-state index in [1.54, 1.807) is 6.07 Å². The van der Waals surface area contributed by atoms with Gasteiger partial charge in [0, 0.05) is 28.1 Å². The zero-order valence-electron chi connectivity index (χ0n) is 19.7. The van der Waals surface area contributed by atoms with Crippen molar-refractivity contribution in [3.05, 3.63) is 111 Å². The van der Waals surface area contributed by atoms with Gasteiger partial charge in [0.2, 0.25) is 0 Å². The van der Waals surface area contributed by atoms with E-state index >= 15 is 4.39 Å². The molecule has 0 N–H and O–H groups in total. The number of hydrogen-bond acceptors (Lipinski definition) is 1. The van der Waals surface area contributed by atoms with Gasteiger partial charge >= 0.3 is 0 Å². The van der Waals surface area contributed by atoms with Crippen molar-refractivity contribution < 1.29 is 17.9 Å². The molecule has 4 aromatic carbocycles. The first kappa shape index (κ1) is 25.1. The molecule has 0 heterocycles. The zero-order valence-corrected chi connectivity index (χ0v) is 20.5. The Morgan fingerprint density at radius 2 is 1.43 bits per heavy atom. The molecule has 0 bridgehead atoms. The van der Waals surface area contributed by atoms with Crippen LogP contribution in [0.25, 0.3) is 10.8 Å². The first-order valence-electron chi connectivity index (χ1n) is 12.0. The fourth-order valence-electron chi connectivity index (χ4n) is 4.17. The molecular weight excluding hydrogens is 469 g/mol. The largest absolute Gasteiger partial charge is 0.493 e. The van der Waals surface area contributed by atoms with E-state index in [2.05, 4.69) is 0 Å². The van der Waals surface area contributed by atoms with Crippen LogP contribution in [0.3, 0.4) is 0 Å². The summed E-state index contributed by atoms with van der Waals surface area (Å²) >= 11 is 5.93. The topological polar surface area (TPSA) is 9.23 Å². The molecule has 35 heavy (non-hydrogen) atoms. The second kappa shape index (κ2) is 11.6. The van der Waals surface area contributed by atoms with Gasteiger partial charge in [0.1, 0.15) is 23.2 Å². The minimum Gasteiger partial charge on any atom is -0.493 e. The average Bonchev–Trinajstić information content (AvgIpc) is 2.84. The number of fused-ring (bicyclic) bond motifs is 1. The quantitative estimate of drug-likeness (QED) is 0.199. The van der Waals surface area contributed by atoms with Crippen molar-refractivity contribution in [3.8, 4) is 5.75 Å². The Bertz CT molecular complexity index is 1280. The molecule has 0 aliphatic carbocycles. The van der Waals surface area contributed by atoms with Gasteiger partial charge in [-0.15, -0.1) is 0 Å². The van der Waals surface area contributed by atoms with Gasteiger partial charge in [-0.2, -0.15) is 0 Å². The van der Waals surface area contributed by atoms with Crippen LogP contribution < -0.4 is 4.74 Å². The van der Waals surface area contributed by atoms with Gasteiger partial charge in [-0.25, -0.2) is 13.2 Å². The van der Waals surface area contributed by atoms with Crippen LogP contribution in [0.5, 0.6) is 5.75 Å². The number of halogens is 4. The lowest BCUT2D eigenvalue weighted by molar-refractivity contribution is 0.305. The van der Waals surface area contributed by atoms with E-state index in [0.29, 0.717) is 35.4 Å². The fourth-order valence-corrected chi connectivity index (χ4v) is 4.30. The predicted octanol–water partition coefficient (Wildman–Crippen LogP) is 8.66. The van der Waals surface area contributed by atoms with Gasteiger partial charge in [0.25, 0.3) is 0 Å². The van der Waals surface area contributed by atoms with E-state index in [1.807, 2.05) is 55.5 Å². The number of ether oxygens (including phenoxy) is 1. The third kappa shape index (κ3) is 6.37. The van der Waals surface area contributed by atoms with E-state index in [1.165, 1.54) is 12.1 Å². The first-order valence-corrected chi connectivity index (χ1v) is 12.4. The normalized spacial score (nSPS) is 11.2. The number of unbranched alkanes of at least 4 members (excludes halogenated alkanes) is 1. The number of rotatable bonds is 10. The minimum atomic E-state index is -0.603. The molecule has 0 atom stereocenters. The lowest BCUT2D eigenvalue weighted by Gasteiger charge is -2.11. The summed E-state index contributed by atoms with van der Waals surface area (Å²) in [5.74, 6) is -1.22. The van der Waals surface area contributed by atoms with Crippen molar-refractivity contribution in [3.63, 3.8) is 0 Å². The van der Waals surface area contributed by atoms with Gasteiger partial charge in [-0.3, -0.25) is 0 Å². The molecule has 4 aromatic rings. The highest BCUT2D eigenvalue weighted by Gasteiger charge is 2.13. The number of aryl methyl sites for hydroxylation is 3. The molecule has 0 fully saturated rings. The molecule has 0 aliphatic rings. The molecule has 0 aliphatic heterocycles. The van der Waals surface area contributed by atoms with Crippen molar-refractivity contribution in [1.82, 2.24) is 0 Å². The third-order valence-electron chi connectivity index (χ3n) is 6.24. The van der Waals surface area contributed by atoms with Crippen molar-refractivity contribution in [2.75, 3.05) is 6.61 Å². The van der Waals surface area contributed by atoms with E-state index < -0.39 is 11.6 Å². The Morgan fingerprint density at radius 3 is 2.14 bits per heavy atom. The molecule has 182 valence electrons. The monoisotopic (exact) mass is 496 g/mol. The van der Waals surface area contributed by atoms with Gasteiger partial charge < -0.3 is 4.74 Å². The summed E-state index contributed by atoms with van der Waals surface area (Å²) in [6.07, 6.45) is 3.74. The molecule has 0 spiro atoms. The Morgan fingerprint density at radius 1 is 0.743 bits per heavy atom. The van der Waals surface area contributed by atoms with Crippen molar-refractivity contribution >= 4 is 22.4 Å². The molecule has 0 aromatic heterocycles. The van der Waals surface area contributed by atoms with Crippen molar-refractivity contribution in [2.24, 2.45) is 0 Å². The molecule has 1 nitrogen and oxygen atoms in total. The molecule has 5 heteroatoms. The van der Waals surface area contributed by atoms with Gasteiger partial charge in [0.05, 0.1) is 6.61 Å². The minimum absolute atomic E-state index is 0.0386. The summed E-state index contributed by atoms with van der Waals surface area (Å²) in [5, 5.41) is 2.00. The zero-order chi connectivity index (χ0) is 24.8. The summed E-state index contributed by atoms with van der Waals surface area (Å²) in [7, 11) is 0. The maximum absolute atomic E-state index is 15.1. The van der Waals surface area contributed by atoms with Gasteiger partial charge in [0.15, 0.2) is 0 Å². The number of hydrogen-bond donors (Lipinski definition) is 0. The Kier molecular flexibility index (Phi) is 8.35. The summed E-state index contributed by atoms with van der Waals surface area (Å²) in [6.45, 7) is 2.46. The molecule has 0 radical (unpaired) electrons. The lowest BCUT2D eigenvalue weighted by atomic mass is 9.97. The average molecular weight is 497 g/mol. The third-order valence-corrected chi connectivity index (χ3v) is 6.49. The summed E-state index contributed by atoms with van der Waals surface area (Å²) < 4.78 is 49.6. The molecular formula is C30H28ClF3O. The molecule has 0 saturated carbocycles. The van der Waals surface area contributed by atoms with Crippen LogP contribution in [0.1, 0.15) is 42.0 Å². The Balaban J connectivity index is 1.43. The smallest absolute Gasteiger partial charge is 0.134 e. The molecule has 4 rings (SSSR count). The fraction of sp³-hybridized carbons (Fsp3) is 0.267. The highest BCUT2D eigenvalue weighted by molar-refractivity contribution is 6.30. The van der Waals surface area contributed by atoms with Crippen molar-refractivity contribution in [2.45, 2.75) is 45.4 Å². The van der Waals surface area contributed by atoms with Crippen LogP contribution >= 0.6 is 11.6 Å². The standard InChI is InChI=1S/C30H28ClF3O/c1-2-3-16-35-25-18-28(32)27(29(33)19-25)15-8-21-7-14-26-23(17-21)11-10-22(30(26)34)9-4-20-5-12-24(31)13-6-20/h5-7,10-14,17-19H,2-4,8-9,15-16H2,1H3. The lowest BCUT2D eigenvalue weighted by Crippen LogP contribution is -2.03. The van der Waals surface area contributed by atoms with E-state index in [0.717, 1.165) is 35.8 Å². The van der Waals surface area contributed by atoms with E-state index in [-0.39, 0.29) is 23.6 Å². The first-order chi connectivity index (χ1) is 16.9. The van der Waals surface area contributed by atoms with Crippen LogP contribution in [0.4, 0.5) is 13.2 Å². The van der Waals surface area contributed by atoms with Gasteiger partial charge in [-0.05, 0) is 66.3 Å². The maximum atomic E-state index is 15.1. The van der Waals surface area contributed by atoms with E-state index in [9.17, 15) is 8.78 Å². The predicted molar refractivity (Wildman–Crippen MR) is 137 cm³/mol. The Hall–Kier alpha value is -2.98. The molecule has 0 saturated heterocycles. The summed E-state index contributed by atoms with van der Waals surface area (Å²) in [4.78, 5) is 0. The highest BCUT2D eigenvalue weighted by Crippen LogP contribution is 2.26. The second-order valence-corrected chi connectivity index (χ2v) is 9.22. The van der Waals surface area contributed by atoms with E-state index in [4.69, 9.17) is 16.3 Å². The van der Waals surface area contributed by atoms with Crippen LogP contribution in [0.15, 0.2) is 66.7 Å². The number of benzene rings is 4. The maximum Gasteiger partial charge on any atom is 0.134 e. The summed E-state index contributed by atoms with van der Waals surface area (Å²) in [5.41, 5.74) is 2.69. The highest BCUT2D eigenvalue weighted by atomic mass is 35.5. The van der Waals surface area contributed by atoms with Crippen LogP contribution in [0, 0.1) is 17.5 Å². The van der Waals surface area contributed by atoms with Gasteiger partial charge in [-0.1, -0.05) is 67.4 Å². The second-order valence-electron chi connectivity index (χ2n) is 8.79. The Labute approximate surface area is 209 Å². The van der Waals surface area contributed by atoms with Crippen LogP contribution in [-0.4, -0.2) is 6.61 Å². The molecule has 0 unspecified atom stereocenters. The van der Waals surface area contributed by atoms with Crippen molar-refractivity contribution in [1.29, 1.82) is 0 Å². The summed E-state index contributed by atoms with van der Waals surface area (Å²) in [6, 6.07) is 19.3. The molecule has 0 amide bonds.